The number of carbonyl (C=O) groups excluding carboxylic acids is 1. The number of rotatable bonds is 7. The predicted molar refractivity (Wildman–Crippen MR) is 121 cm³/mol. The molecule has 0 unspecified atom stereocenters. The third-order valence-corrected chi connectivity index (χ3v) is 5.97. The molecule has 1 amide bonds. The zero-order chi connectivity index (χ0) is 21.3. The molecule has 8 heteroatoms. The van der Waals surface area contributed by atoms with Crippen LogP contribution in [0, 0.1) is 0 Å². The highest BCUT2D eigenvalue weighted by Gasteiger charge is 2.26. The lowest BCUT2D eigenvalue weighted by Gasteiger charge is -2.30. The Morgan fingerprint density at radius 1 is 1.20 bits per heavy atom. The smallest absolute Gasteiger partial charge is 0.222 e. The van der Waals surface area contributed by atoms with Gasteiger partial charge in [-0.25, -0.2) is 5.06 Å². The van der Waals surface area contributed by atoms with Gasteiger partial charge in [0.2, 0.25) is 11.0 Å². The zero-order valence-corrected chi connectivity index (χ0v) is 18.6. The molecule has 4 rings (SSSR count). The molecular formula is C22H24ClN3O3S. The van der Waals surface area contributed by atoms with Crippen LogP contribution in [-0.2, 0) is 16.2 Å². The number of halogens is 1. The van der Waals surface area contributed by atoms with Gasteiger partial charge in [0.25, 0.3) is 0 Å². The molecule has 3 heterocycles. The SMILES string of the molecule is CCN(CC)C(=O)CCCN1OCc2cc3oc(-c4ccc(Cl)cc4)cc3n2C1=S. The molecule has 0 fully saturated rings. The minimum Gasteiger partial charge on any atom is -0.454 e. The molecule has 0 N–H and O–H groups in total. The molecule has 0 bridgehead atoms. The Balaban J connectivity index is 1.49. The molecule has 0 spiro atoms. The first-order valence-corrected chi connectivity index (χ1v) is 10.9. The van der Waals surface area contributed by atoms with Gasteiger partial charge < -0.3 is 9.32 Å². The van der Waals surface area contributed by atoms with Crippen molar-refractivity contribution in [2.75, 3.05) is 19.6 Å². The highest BCUT2D eigenvalue weighted by Crippen LogP contribution is 2.33. The summed E-state index contributed by atoms with van der Waals surface area (Å²) >= 11 is 11.7. The van der Waals surface area contributed by atoms with E-state index < -0.39 is 0 Å². The molecular weight excluding hydrogens is 422 g/mol. The van der Waals surface area contributed by atoms with Gasteiger partial charge in [-0.1, -0.05) is 11.6 Å². The van der Waals surface area contributed by atoms with E-state index in [1.807, 2.05) is 59.7 Å². The number of hydrogen-bond donors (Lipinski definition) is 0. The summed E-state index contributed by atoms with van der Waals surface area (Å²) in [5.41, 5.74) is 3.58. The first-order chi connectivity index (χ1) is 14.5. The molecule has 0 atom stereocenters. The quantitative estimate of drug-likeness (QED) is 0.474. The van der Waals surface area contributed by atoms with E-state index in [1.165, 1.54) is 0 Å². The minimum atomic E-state index is 0.161. The second-order valence-electron chi connectivity index (χ2n) is 7.17. The van der Waals surface area contributed by atoms with Gasteiger partial charge in [0.1, 0.15) is 12.4 Å². The Morgan fingerprint density at radius 2 is 1.93 bits per heavy atom. The van der Waals surface area contributed by atoms with E-state index in [1.54, 1.807) is 5.06 Å². The molecule has 1 aliphatic heterocycles. The topological polar surface area (TPSA) is 50.9 Å². The van der Waals surface area contributed by atoms with Crippen molar-refractivity contribution in [3.63, 3.8) is 0 Å². The Labute approximate surface area is 185 Å². The number of fused-ring (bicyclic) bond motifs is 3. The third kappa shape index (κ3) is 3.97. The molecule has 0 radical (unpaired) electrons. The summed E-state index contributed by atoms with van der Waals surface area (Å²) in [4.78, 5) is 19.9. The van der Waals surface area contributed by atoms with Gasteiger partial charge in [-0.05, 0) is 56.8 Å². The van der Waals surface area contributed by atoms with Gasteiger partial charge in [0, 0.05) is 48.8 Å². The Kier molecular flexibility index (Phi) is 6.13. The molecule has 0 saturated heterocycles. The summed E-state index contributed by atoms with van der Waals surface area (Å²) in [7, 11) is 0. The van der Waals surface area contributed by atoms with Crippen LogP contribution in [-0.4, -0.2) is 45.2 Å². The maximum absolute atomic E-state index is 12.2. The number of nitrogens with zero attached hydrogens (tertiary/aromatic N) is 3. The van der Waals surface area contributed by atoms with Crippen LogP contribution < -0.4 is 0 Å². The number of carbonyl (C=O) groups is 1. The van der Waals surface area contributed by atoms with E-state index in [4.69, 9.17) is 33.1 Å². The van der Waals surface area contributed by atoms with Crippen LogP contribution in [0.15, 0.2) is 40.8 Å². The highest BCUT2D eigenvalue weighted by atomic mass is 35.5. The van der Waals surface area contributed by atoms with E-state index in [0.717, 1.165) is 41.2 Å². The van der Waals surface area contributed by atoms with Crippen molar-refractivity contribution in [1.29, 1.82) is 0 Å². The number of furan rings is 1. The van der Waals surface area contributed by atoms with Crippen molar-refractivity contribution in [3.8, 4) is 11.3 Å². The zero-order valence-electron chi connectivity index (χ0n) is 17.1. The van der Waals surface area contributed by atoms with Gasteiger partial charge in [0.15, 0.2) is 5.58 Å². The standard InChI is InChI=1S/C22H24ClN3O3S/c1-3-24(4-2)21(27)6-5-11-25-22(30)26-17(14-28-25)12-20-18(26)13-19(29-20)15-7-9-16(23)10-8-15/h7-10,12-13H,3-6,11,14H2,1-2H3. The minimum absolute atomic E-state index is 0.161. The van der Waals surface area contributed by atoms with E-state index in [0.29, 0.717) is 36.1 Å². The van der Waals surface area contributed by atoms with Gasteiger partial charge in [-0.15, -0.1) is 0 Å². The lowest BCUT2D eigenvalue weighted by molar-refractivity contribution is -0.134. The third-order valence-electron chi connectivity index (χ3n) is 5.34. The summed E-state index contributed by atoms with van der Waals surface area (Å²) in [6.45, 7) is 6.42. The lowest BCUT2D eigenvalue weighted by Crippen LogP contribution is -2.40. The number of benzene rings is 1. The van der Waals surface area contributed by atoms with Crippen LogP contribution in [0.5, 0.6) is 0 Å². The molecule has 0 saturated carbocycles. The summed E-state index contributed by atoms with van der Waals surface area (Å²) in [6, 6.07) is 11.5. The second kappa shape index (κ2) is 8.79. The van der Waals surface area contributed by atoms with Crippen LogP contribution in [0.3, 0.4) is 0 Å². The van der Waals surface area contributed by atoms with Crippen molar-refractivity contribution < 1.29 is 14.0 Å². The molecule has 30 heavy (non-hydrogen) atoms. The number of aromatic nitrogens is 1. The number of amides is 1. The molecule has 158 valence electrons. The van der Waals surface area contributed by atoms with Crippen LogP contribution in [0.4, 0.5) is 0 Å². The summed E-state index contributed by atoms with van der Waals surface area (Å²) in [5, 5.41) is 2.95. The Bertz CT molecular complexity index is 1070. The van der Waals surface area contributed by atoms with Crippen molar-refractivity contribution in [2.45, 2.75) is 33.3 Å². The average molecular weight is 446 g/mol. The Hall–Kier alpha value is -2.35. The van der Waals surface area contributed by atoms with E-state index >= 15 is 0 Å². The predicted octanol–water partition coefficient (Wildman–Crippen LogP) is 5.08. The van der Waals surface area contributed by atoms with Crippen LogP contribution in [0.1, 0.15) is 32.4 Å². The fraction of sp³-hybridized carbons (Fsp3) is 0.364. The summed E-state index contributed by atoms with van der Waals surface area (Å²) < 4.78 is 8.04. The number of thiocarbonyl (C=S) groups is 1. The van der Waals surface area contributed by atoms with Gasteiger partial charge in [-0.3, -0.25) is 14.2 Å². The normalized spacial score (nSPS) is 13.7. The van der Waals surface area contributed by atoms with Crippen LogP contribution in [0.25, 0.3) is 22.4 Å². The average Bonchev–Trinajstić information content (AvgIpc) is 3.29. The fourth-order valence-corrected chi connectivity index (χ4v) is 4.20. The lowest BCUT2D eigenvalue weighted by atomic mass is 10.2. The summed E-state index contributed by atoms with van der Waals surface area (Å²) in [6.07, 6.45) is 1.15. The molecule has 0 aliphatic carbocycles. The molecule has 3 aromatic rings. The number of hydroxylamine groups is 2. The van der Waals surface area contributed by atoms with E-state index in [9.17, 15) is 4.79 Å². The van der Waals surface area contributed by atoms with Crippen molar-refractivity contribution in [2.24, 2.45) is 0 Å². The highest BCUT2D eigenvalue weighted by molar-refractivity contribution is 7.80. The fourth-order valence-electron chi connectivity index (χ4n) is 3.71. The maximum Gasteiger partial charge on any atom is 0.222 e. The molecule has 1 aliphatic rings. The van der Waals surface area contributed by atoms with E-state index in [2.05, 4.69) is 0 Å². The van der Waals surface area contributed by atoms with Crippen molar-refractivity contribution in [1.82, 2.24) is 14.5 Å². The number of hydrogen-bond acceptors (Lipinski definition) is 4. The monoisotopic (exact) mass is 445 g/mol. The van der Waals surface area contributed by atoms with Crippen LogP contribution >= 0.6 is 23.8 Å². The van der Waals surface area contributed by atoms with Crippen molar-refractivity contribution >= 4 is 45.9 Å². The first kappa shape index (κ1) is 20.9. The largest absolute Gasteiger partial charge is 0.454 e. The summed E-state index contributed by atoms with van der Waals surface area (Å²) in [5.74, 6) is 0.923. The first-order valence-electron chi connectivity index (χ1n) is 10.1. The van der Waals surface area contributed by atoms with Crippen molar-refractivity contribution in [3.05, 3.63) is 47.1 Å². The van der Waals surface area contributed by atoms with Gasteiger partial charge in [0.05, 0.1) is 11.2 Å². The second-order valence-corrected chi connectivity index (χ2v) is 7.97. The van der Waals surface area contributed by atoms with E-state index in [-0.39, 0.29) is 5.91 Å². The molecule has 6 nitrogen and oxygen atoms in total. The molecule has 1 aromatic carbocycles. The maximum atomic E-state index is 12.2. The van der Waals surface area contributed by atoms with Gasteiger partial charge in [-0.2, -0.15) is 0 Å². The van der Waals surface area contributed by atoms with Gasteiger partial charge >= 0.3 is 0 Å². The van der Waals surface area contributed by atoms with Crippen LogP contribution in [0.2, 0.25) is 5.02 Å². The Morgan fingerprint density at radius 3 is 2.63 bits per heavy atom. The molecule has 2 aromatic heterocycles.